The fourth-order valence-corrected chi connectivity index (χ4v) is 5.30. The highest BCUT2D eigenvalue weighted by molar-refractivity contribution is 6.27. The van der Waals surface area contributed by atoms with Crippen LogP contribution in [0, 0.1) is 11.3 Å². The zero-order valence-corrected chi connectivity index (χ0v) is 18.7. The number of nitrogens with one attached hydrogen (secondary N) is 1. The quantitative estimate of drug-likeness (QED) is 0.590. The first-order chi connectivity index (χ1) is 15.3. The number of carbonyl (C=O) groups excluding carboxylic acids is 2. The molecule has 32 heavy (non-hydrogen) atoms. The molecule has 1 aliphatic heterocycles. The van der Waals surface area contributed by atoms with Gasteiger partial charge in [0.25, 0.3) is 0 Å². The van der Waals surface area contributed by atoms with Crippen LogP contribution in [0.2, 0.25) is 0 Å². The molecule has 3 fully saturated rings. The monoisotopic (exact) mass is 470 g/mol. The molecule has 1 aromatic heterocycles. The van der Waals surface area contributed by atoms with Gasteiger partial charge in [0, 0.05) is 43.2 Å². The first kappa shape index (κ1) is 23.3. The van der Waals surface area contributed by atoms with E-state index in [0.29, 0.717) is 23.6 Å². The van der Waals surface area contributed by atoms with E-state index in [-0.39, 0.29) is 43.5 Å². The Balaban J connectivity index is 1.46. The van der Waals surface area contributed by atoms with Crippen molar-refractivity contribution < 1.29 is 23.1 Å². The van der Waals surface area contributed by atoms with Crippen molar-refractivity contribution in [1.29, 1.82) is 0 Å². The minimum absolute atomic E-state index is 0.196. The van der Waals surface area contributed by atoms with E-state index in [1.165, 1.54) is 23.5 Å². The fraction of sp³-hybridized carbons (Fsp3) is 0.727. The van der Waals surface area contributed by atoms with Crippen molar-refractivity contribution in [1.82, 2.24) is 20.2 Å². The van der Waals surface area contributed by atoms with Crippen LogP contribution in [0.4, 0.5) is 8.78 Å². The Morgan fingerprint density at radius 3 is 2.53 bits per heavy atom. The molecule has 2 heterocycles. The Morgan fingerprint density at radius 1 is 1.25 bits per heavy atom. The van der Waals surface area contributed by atoms with E-state index in [2.05, 4.69) is 15.3 Å². The van der Waals surface area contributed by atoms with E-state index >= 15 is 0 Å². The molecule has 2 aliphatic carbocycles. The molecule has 2 amide bonds. The number of halogens is 3. The van der Waals surface area contributed by atoms with Gasteiger partial charge in [0.15, 0.2) is 6.04 Å². The second kappa shape index (κ2) is 9.55. The highest BCUT2D eigenvalue weighted by Crippen LogP contribution is 2.52. The zero-order valence-electron chi connectivity index (χ0n) is 17.9. The number of hydrogen-bond acceptors (Lipinski definition) is 5. The third-order valence-corrected chi connectivity index (χ3v) is 7.19. The fourth-order valence-electron chi connectivity index (χ4n) is 5.14. The number of amides is 2. The van der Waals surface area contributed by atoms with Gasteiger partial charge in [-0.1, -0.05) is 0 Å². The minimum Gasteiger partial charge on any atom is -0.380 e. The summed E-state index contributed by atoms with van der Waals surface area (Å²) in [6, 6.07) is -1.36. The van der Waals surface area contributed by atoms with Gasteiger partial charge in [0.2, 0.25) is 17.7 Å². The lowest BCUT2D eigenvalue weighted by Crippen LogP contribution is -2.53. The molecule has 7 nitrogen and oxygen atoms in total. The van der Waals surface area contributed by atoms with Gasteiger partial charge in [0.05, 0.1) is 25.1 Å². The molecule has 1 N–H and O–H groups in total. The maximum atomic E-state index is 13.5. The summed E-state index contributed by atoms with van der Waals surface area (Å²) < 4.78 is 32.3. The molecule has 10 heteroatoms. The number of nitrogens with zero attached hydrogens (tertiary/aromatic N) is 3. The Kier molecular flexibility index (Phi) is 6.95. The molecule has 4 rings (SSSR count). The summed E-state index contributed by atoms with van der Waals surface area (Å²) in [7, 11) is 0. The Bertz CT molecular complexity index is 807. The lowest BCUT2D eigenvalue weighted by Gasteiger charge is -2.53. The molecule has 0 bridgehead atoms. The van der Waals surface area contributed by atoms with Crippen molar-refractivity contribution in [2.24, 2.45) is 11.3 Å². The van der Waals surface area contributed by atoms with Gasteiger partial charge in [-0.15, -0.1) is 11.6 Å². The zero-order chi connectivity index (χ0) is 22.8. The summed E-state index contributed by atoms with van der Waals surface area (Å²) in [5, 5.41) is 2.87. The van der Waals surface area contributed by atoms with Crippen LogP contribution in [-0.2, 0) is 14.3 Å². The van der Waals surface area contributed by atoms with Gasteiger partial charge in [0.1, 0.15) is 5.88 Å². The van der Waals surface area contributed by atoms with E-state index in [0.717, 1.165) is 32.5 Å². The van der Waals surface area contributed by atoms with E-state index in [9.17, 15) is 18.4 Å². The van der Waals surface area contributed by atoms with Gasteiger partial charge in [-0.05, 0) is 38.0 Å². The highest BCUT2D eigenvalue weighted by Gasteiger charge is 2.49. The number of rotatable bonds is 8. The van der Waals surface area contributed by atoms with E-state index in [4.69, 9.17) is 16.3 Å². The molecule has 1 spiro atoms. The normalized spacial score (nSPS) is 24.8. The summed E-state index contributed by atoms with van der Waals surface area (Å²) in [5.41, 5.74) is 0.651. The van der Waals surface area contributed by atoms with Crippen molar-refractivity contribution in [2.75, 3.05) is 25.6 Å². The molecule has 1 aromatic rings. The molecular weight excluding hydrogens is 442 g/mol. The topological polar surface area (TPSA) is 84.4 Å². The first-order valence-corrected chi connectivity index (χ1v) is 11.7. The third-order valence-electron chi connectivity index (χ3n) is 6.96. The lowest BCUT2D eigenvalue weighted by molar-refractivity contribution is -0.180. The second-order valence-electron chi connectivity index (χ2n) is 9.45. The standard InChI is InChI=1S/C22H29ClF2N4O3/c23-11-18(30)29(8-3-15-9-21(10-15)13-32-14-21)19(17-12-26-6-7-27-17)20(31)28-16-1-4-22(24,25)5-2-16/h6-7,12,15-16,19H,1-5,8-11,13-14H2,(H,28,31). The molecule has 176 valence electrons. The third kappa shape index (κ3) is 5.20. The van der Waals surface area contributed by atoms with Crippen LogP contribution in [0.15, 0.2) is 18.6 Å². The van der Waals surface area contributed by atoms with E-state index < -0.39 is 17.9 Å². The maximum absolute atomic E-state index is 13.5. The summed E-state index contributed by atoms with van der Waals surface area (Å²) >= 11 is 5.89. The molecule has 1 atom stereocenters. The second-order valence-corrected chi connectivity index (χ2v) is 9.72. The largest absolute Gasteiger partial charge is 0.380 e. The van der Waals surface area contributed by atoms with Gasteiger partial charge < -0.3 is 15.0 Å². The average molecular weight is 471 g/mol. The summed E-state index contributed by atoms with van der Waals surface area (Å²) in [6.07, 6.45) is 7.17. The van der Waals surface area contributed by atoms with Crippen molar-refractivity contribution in [3.8, 4) is 0 Å². The summed E-state index contributed by atoms with van der Waals surface area (Å²) in [6.45, 7) is 1.97. The first-order valence-electron chi connectivity index (χ1n) is 11.2. The lowest BCUT2D eigenvalue weighted by atomic mass is 9.60. The number of carbonyl (C=O) groups is 2. The molecule has 2 saturated carbocycles. The number of aromatic nitrogens is 2. The summed E-state index contributed by atoms with van der Waals surface area (Å²) in [4.78, 5) is 35.9. The van der Waals surface area contributed by atoms with Crippen molar-refractivity contribution in [3.63, 3.8) is 0 Å². The van der Waals surface area contributed by atoms with Gasteiger partial charge >= 0.3 is 0 Å². The van der Waals surface area contributed by atoms with Crippen LogP contribution in [0.25, 0.3) is 0 Å². The summed E-state index contributed by atoms with van der Waals surface area (Å²) in [5.74, 6) is -3.28. The van der Waals surface area contributed by atoms with Crippen LogP contribution in [0.5, 0.6) is 0 Å². The molecule has 0 radical (unpaired) electrons. The Labute approximate surface area is 191 Å². The molecular formula is C22H29ClF2N4O3. The average Bonchev–Trinajstić information content (AvgIpc) is 2.72. The van der Waals surface area contributed by atoms with Gasteiger partial charge in [-0.25, -0.2) is 8.78 Å². The predicted molar refractivity (Wildman–Crippen MR) is 113 cm³/mol. The predicted octanol–water partition coefficient (Wildman–Crippen LogP) is 3.10. The maximum Gasteiger partial charge on any atom is 0.249 e. The molecule has 0 aromatic carbocycles. The Morgan fingerprint density at radius 2 is 1.97 bits per heavy atom. The number of ether oxygens (including phenoxy) is 1. The van der Waals surface area contributed by atoms with Crippen LogP contribution in [0.3, 0.4) is 0 Å². The number of alkyl halides is 3. The van der Waals surface area contributed by atoms with Crippen LogP contribution in [0.1, 0.15) is 56.7 Å². The van der Waals surface area contributed by atoms with Crippen molar-refractivity contribution in [3.05, 3.63) is 24.3 Å². The van der Waals surface area contributed by atoms with Gasteiger partial charge in [-0.2, -0.15) is 0 Å². The molecule has 1 saturated heterocycles. The van der Waals surface area contributed by atoms with E-state index in [1.54, 1.807) is 0 Å². The number of hydrogen-bond donors (Lipinski definition) is 1. The van der Waals surface area contributed by atoms with Crippen LogP contribution in [-0.4, -0.2) is 64.3 Å². The highest BCUT2D eigenvalue weighted by atomic mass is 35.5. The molecule has 3 aliphatic rings. The van der Waals surface area contributed by atoms with E-state index in [1.807, 2.05) is 0 Å². The van der Waals surface area contributed by atoms with Crippen molar-refractivity contribution >= 4 is 23.4 Å². The smallest absolute Gasteiger partial charge is 0.249 e. The molecule has 1 unspecified atom stereocenters. The van der Waals surface area contributed by atoms with Crippen molar-refractivity contribution in [2.45, 2.75) is 63.0 Å². The SMILES string of the molecule is O=C(NC1CCC(F)(F)CC1)C(c1cnccn1)N(CCC1CC2(COC2)C1)C(=O)CCl. The van der Waals surface area contributed by atoms with Crippen LogP contribution >= 0.6 is 11.6 Å². The van der Waals surface area contributed by atoms with Crippen LogP contribution < -0.4 is 5.32 Å². The Hall–Kier alpha value is -1.87. The van der Waals surface area contributed by atoms with Gasteiger partial charge in [-0.3, -0.25) is 19.6 Å². The minimum atomic E-state index is -2.68.